The number of anilines is 1. The molecule has 2 aromatic carbocycles. The summed E-state index contributed by atoms with van der Waals surface area (Å²) in [5.74, 6) is 1.41. The molecule has 1 fully saturated rings. The number of carbonyl (C=O) groups is 1. The number of benzene rings is 2. The van der Waals surface area contributed by atoms with Crippen LogP contribution < -0.4 is 10.2 Å². The van der Waals surface area contributed by atoms with E-state index < -0.39 is 0 Å². The van der Waals surface area contributed by atoms with Gasteiger partial charge >= 0.3 is 0 Å². The fourth-order valence-corrected chi connectivity index (χ4v) is 5.12. The van der Waals surface area contributed by atoms with Gasteiger partial charge in [0.25, 0.3) is 0 Å². The summed E-state index contributed by atoms with van der Waals surface area (Å²) in [5, 5.41) is 7.34. The summed E-state index contributed by atoms with van der Waals surface area (Å²) in [6, 6.07) is 16.7. The van der Waals surface area contributed by atoms with E-state index >= 15 is 0 Å². The minimum absolute atomic E-state index is 0.0139. The number of para-hydroxylation sites is 1. The molecular weight excluding hydrogens is 426 g/mol. The first-order chi connectivity index (χ1) is 16.7. The van der Waals surface area contributed by atoms with Crippen LogP contribution in [0.1, 0.15) is 36.3 Å². The maximum atomic E-state index is 12.8. The molecule has 0 saturated carbocycles. The monoisotopic (exact) mass is 459 g/mol. The van der Waals surface area contributed by atoms with Gasteiger partial charge in [-0.1, -0.05) is 47.6 Å². The highest BCUT2D eigenvalue weighted by molar-refractivity contribution is 5.79. The van der Waals surface area contributed by atoms with Gasteiger partial charge in [0.05, 0.1) is 12.5 Å². The number of likely N-dealkylation sites (tertiary alicyclic amines) is 1. The van der Waals surface area contributed by atoms with Gasteiger partial charge in [0.1, 0.15) is 0 Å². The van der Waals surface area contributed by atoms with Crippen LogP contribution in [-0.2, 0) is 17.8 Å². The summed E-state index contributed by atoms with van der Waals surface area (Å²) >= 11 is 0. The number of rotatable bonds is 8. The molecule has 2 aliphatic heterocycles. The molecule has 0 aliphatic carbocycles. The van der Waals surface area contributed by atoms with Crippen LogP contribution in [-0.4, -0.2) is 53.7 Å². The number of nitrogens with one attached hydrogen (secondary N) is 1. The number of nitrogens with zero attached hydrogens (tertiary/aromatic N) is 4. The highest BCUT2D eigenvalue weighted by atomic mass is 16.5. The molecule has 3 heterocycles. The Morgan fingerprint density at radius 1 is 1.15 bits per heavy atom. The maximum Gasteiger partial charge on any atom is 0.241 e. The molecule has 1 N–H and O–H groups in total. The number of aromatic nitrogens is 2. The minimum atomic E-state index is 0.0139. The standard InChI is InChI=1S/C27H33N5O2/c1-20-8-2-4-11-23(20)26-29-25(34-30-26)19-31-15-6-10-22(18-31)27(33)28-14-7-16-32-17-13-21-9-3-5-12-24(21)32/h2-5,8-9,11-12,22H,6-7,10,13-19H2,1H3,(H,28,33). The van der Waals surface area contributed by atoms with Crippen molar-refractivity contribution in [2.24, 2.45) is 5.92 Å². The Morgan fingerprint density at radius 3 is 2.91 bits per heavy atom. The van der Waals surface area contributed by atoms with Gasteiger partial charge in [-0.3, -0.25) is 9.69 Å². The average molecular weight is 460 g/mol. The lowest BCUT2D eigenvalue weighted by atomic mass is 9.97. The van der Waals surface area contributed by atoms with Crippen molar-refractivity contribution >= 4 is 11.6 Å². The van der Waals surface area contributed by atoms with Crippen molar-refractivity contribution in [3.63, 3.8) is 0 Å². The molecule has 1 amide bonds. The Labute approximate surface area is 201 Å². The number of hydrogen-bond donors (Lipinski definition) is 1. The smallest absolute Gasteiger partial charge is 0.241 e. The normalized spacial score (nSPS) is 18.1. The molecule has 2 aliphatic rings. The molecule has 5 rings (SSSR count). The summed E-state index contributed by atoms with van der Waals surface area (Å²) in [6.07, 6.45) is 4.01. The molecule has 1 unspecified atom stereocenters. The lowest BCUT2D eigenvalue weighted by Crippen LogP contribution is -2.43. The van der Waals surface area contributed by atoms with Gasteiger partial charge in [-0.15, -0.1) is 0 Å². The summed E-state index contributed by atoms with van der Waals surface area (Å²) in [6.45, 7) is 7.08. The number of amides is 1. The van der Waals surface area contributed by atoms with Gasteiger partial charge in [0.15, 0.2) is 0 Å². The first kappa shape index (κ1) is 22.6. The minimum Gasteiger partial charge on any atom is -0.371 e. The van der Waals surface area contributed by atoms with Crippen molar-refractivity contribution in [2.75, 3.05) is 37.6 Å². The largest absolute Gasteiger partial charge is 0.371 e. The molecule has 1 saturated heterocycles. The van der Waals surface area contributed by atoms with Crippen LogP contribution in [0, 0.1) is 12.8 Å². The van der Waals surface area contributed by atoms with Crippen LogP contribution >= 0.6 is 0 Å². The summed E-state index contributed by atoms with van der Waals surface area (Å²) in [7, 11) is 0. The molecule has 1 aromatic heterocycles. The van der Waals surface area contributed by atoms with Crippen molar-refractivity contribution in [3.05, 3.63) is 65.5 Å². The van der Waals surface area contributed by atoms with Crippen LogP contribution in [0.3, 0.4) is 0 Å². The molecule has 1 atom stereocenters. The average Bonchev–Trinajstić information content (AvgIpc) is 3.49. The van der Waals surface area contributed by atoms with E-state index in [1.54, 1.807) is 0 Å². The molecule has 178 valence electrons. The van der Waals surface area contributed by atoms with Gasteiger partial charge in [-0.2, -0.15) is 4.98 Å². The molecule has 7 nitrogen and oxygen atoms in total. The Balaban J connectivity index is 1.07. The molecule has 7 heteroatoms. The van der Waals surface area contributed by atoms with Gasteiger partial charge < -0.3 is 14.7 Å². The number of aryl methyl sites for hydroxylation is 1. The first-order valence-electron chi connectivity index (χ1n) is 12.4. The fourth-order valence-electron chi connectivity index (χ4n) is 5.12. The predicted octanol–water partition coefficient (Wildman–Crippen LogP) is 3.83. The van der Waals surface area contributed by atoms with Crippen LogP contribution in [0.5, 0.6) is 0 Å². The second kappa shape index (κ2) is 10.4. The Bertz CT molecular complexity index is 1130. The zero-order valence-corrected chi connectivity index (χ0v) is 19.9. The second-order valence-electron chi connectivity index (χ2n) is 9.41. The van der Waals surface area contributed by atoms with Gasteiger partial charge in [-0.25, -0.2) is 0 Å². The van der Waals surface area contributed by atoms with E-state index in [4.69, 9.17) is 4.52 Å². The third kappa shape index (κ3) is 5.14. The van der Waals surface area contributed by atoms with Crippen molar-refractivity contribution in [1.82, 2.24) is 20.4 Å². The Hall–Kier alpha value is -3.19. The van der Waals surface area contributed by atoms with Crippen molar-refractivity contribution in [2.45, 2.75) is 39.2 Å². The van der Waals surface area contributed by atoms with E-state index in [-0.39, 0.29) is 11.8 Å². The van der Waals surface area contributed by atoms with E-state index in [1.807, 2.05) is 31.2 Å². The maximum absolute atomic E-state index is 12.8. The van der Waals surface area contributed by atoms with Crippen LogP contribution in [0.15, 0.2) is 53.1 Å². The van der Waals surface area contributed by atoms with E-state index in [0.717, 1.165) is 69.5 Å². The van der Waals surface area contributed by atoms with Crippen LogP contribution in [0.2, 0.25) is 0 Å². The summed E-state index contributed by atoms with van der Waals surface area (Å²) < 4.78 is 5.52. The molecule has 0 bridgehead atoms. The zero-order chi connectivity index (χ0) is 23.3. The van der Waals surface area contributed by atoms with E-state index in [2.05, 4.69) is 49.5 Å². The topological polar surface area (TPSA) is 74.5 Å². The quantitative estimate of drug-likeness (QED) is 0.516. The molecule has 34 heavy (non-hydrogen) atoms. The van der Waals surface area contributed by atoms with Crippen molar-refractivity contribution < 1.29 is 9.32 Å². The lowest BCUT2D eigenvalue weighted by molar-refractivity contribution is -0.126. The highest BCUT2D eigenvalue weighted by Gasteiger charge is 2.27. The zero-order valence-electron chi connectivity index (χ0n) is 19.9. The number of carbonyl (C=O) groups excluding carboxylic acids is 1. The summed E-state index contributed by atoms with van der Waals surface area (Å²) in [5.41, 5.74) is 4.90. The predicted molar refractivity (Wildman–Crippen MR) is 132 cm³/mol. The van der Waals surface area contributed by atoms with Crippen LogP contribution in [0.4, 0.5) is 5.69 Å². The highest BCUT2D eigenvalue weighted by Crippen LogP contribution is 2.27. The SMILES string of the molecule is Cc1ccccc1-c1noc(CN2CCCC(C(=O)NCCCN3CCc4ccccc43)C2)n1. The lowest BCUT2D eigenvalue weighted by Gasteiger charge is -2.31. The van der Waals surface area contributed by atoms with Crippen molar-refractivity contribution in [3.8, 4) is 11.4 Å². The van der Waals surface area contributed by atoms with Gasteiger partial charge in [-0.05, 0) is 56.3 Å². The van der Waals surface area contributed by atoms with Crippen molar-refractivity contribution in [1.29, 1.82) is 0 Å². The number of piperidine rings is 1. The second-order valence-corrected chi connectivity index (χ2v) is 9.41. The Morgan fingerprint density at radius 2 is 2.00 bits per heavy atom. The molecule has 0 spiro atoms. The fraction of sp³-hybridized carbons (Fsp3) is 0.444. The van der Waals surface area contributed by atoms with Gasteiger partial charge in [0, 0.05) is 37.4 Å². The molecule has 3 aromatic rings. The summed E-state index contributed by atoms with van der Waals surface area (Å²) in [4.78, 5) is 22.1. The number of fused-ring (bicyclic) bond motifs is 1. The van der Waals surface area contributed by atoms with E-state index in [9.17, 15) is 4.79 Å². The molecule has 0 radical (unpaired) electrons. The van der Waals surface area contributed by atoms with E-state index in [0.29, 0.717) is 18.3 Å². The van der Waals surface area contributed by atoms with Gasteiger partial charge in [0.2, 0.25) is 17.6 Å². The third-order valence-electron chi connectivity index (χ3n) is 6.98. The Kier molecular flexibility index (Phi) is 6.90. The first-order valence-corrected chi connectivity index (χ1v) is 12.4. The van der Waals surface area contributed by atoms with E-state index in [1.165, 1.54) is 11.3 Å². The van der Waals surface area contributed by atoms with Crippen LogP contribution in [0.25, 0.3) is 11.4 Å². The molecular formula is C27H33N5O2. The third-order valence-corrected chi connectivity index (χ3v) is 6.98. The number of hydrogen-bond acceptors (Lipinski definition) is 6.